The highest BCUT2D eigenvalue weighted by Crippen LogP contribution is 2.33. The van der Waals surface area contributed by atoms with E-state index >= 15 is 0 Å². The van der Waals surface area contributed by atoms with Crippen LogP contribution in [0.3, 0.4) is 0 Å². The van der Waals surface area contributed by atoms with Crippen LogP contribution < -0.4 is 5.32 Å². The summed E-state index contributed by atoms with van der Waals surface area (Å²) in [7, 11) is 0. The lowest BCUT2D eigenvalue weighted by Gasteiger charge is -2.46. The van der Waals surface area contributed by atoms with E-state index in [-0.39, 0.29) is 11.7 Å². The normalized spacial score (nSPS) is 25.2. The van der Waals surface area contributed by atoms with Crippen molar-refractivity contribution >= 4 is 29.4 Å². The van der Waals surface area contributed by atoms with E-state index in [1.54, 1.807) is 5.49 Å². The van der Waals surface area contributed by atoms with E-state index in [9.17, 15) is 9.59 Å². The smallest absolute Gasteiger partial charge is 0.245 e. The minimum atomic E-state index is -0.534. The van der Waals surface area contributed by atoms with E-state index in [2.05, 4.69) is 5.32 Å². The molecule has 1 N–H and O–H groups in total. The largest absolute Gasteiger partial charge is 0.352 e. The van der Waals surface area contributed by atoms with E-state index in [1.807, 2.05) is 4.90 Å². The van der Waals surface area contributed by atoms with Gasteiger partial charge in [-0.1, -0.05) is 12.2 Å². The summed E-state index contributed by atoms with van der Waals surface area (Å²) in [5, 5.41) is 2.86. The molecule has 0 aromatic carbocycles. The van der Waals surface area contributed by atoms with E-state index < -0.39 is 5.54 Å². The van der Waals surface area contributed by atoms with Gasteiger partial charge < -0.3 is 10.2 Å². The molecule has 4 nitrogen and oxygen atoms in total. The van der Waals surface area contributed by atoms with Crippen LogP contribution in [0.5, 0.6) is 0 Å². The van der Waals surface area contributed by atoms with Crippen LogP contribution >= 0.6 is 12.2 Å². The zero-order valence-corrected chi connectivity index (χ0v) is 9.31. The molecule has 0 atom stereocenters. The molecule has 0 bridgehead atoms. The van der Waals surface area contributed by atoms with E-state index in [0.717, 1.165) is 6.54 Å². The molecule has 1 amide bonds. The van der Waals surface area contributed by atoms with Gasteiger partial charge in [-0.15, -0.1) is 0 Å². The average molecular weight is 226 g/mol. The quantitative estimate of drug-likeness (QED) is 0.651. The third-order valence-electron chi connectivity index (χ3n) is 3.37. The zero-order valence-electron chi connectivity index (χ0n) is 8.49. The standard InChI is InChI=1S/C10H14N2O2S/c13-8-1-3-10(4-2-8)9(14)11-5-6-12(10)7-15/h7H,1-6H2,(H,11,14). The first-order chi connectivity index (χ1) is 7.19. The Labute approximate surface area is 94.0 Å². The van der Waals surface area contributed by atoms with Crippen LogP contribution in [0.25, 0.3) is 0 Å². The topological polar surface area (TPSA) is 49.4 Å². The molecular formula is C10H14N2O2S. The number of ketones is 1. The number of rotatable bonds is 1. The van der Waals surface area contributed by atoms with Gasteiger partial charge in [0.2, 0.25) is 5.91 Å². The molecule has 0 radical (unpaired) electrons. The molecule has 2 aliphatic rings. The van der Waals surface area contributed by atoms with Crippen molar-refractivity contribution in [1.29, 1.82) is 0 Å². The van der Waals surface area contributed by atoms with Crippen molar-refractivity contribution in [3.8, 4) is 0 Å². The number of amides is 1. The fourth-order valence-electron chi connectivity index (χ4n) is 2.41. The predicted molar refractivity (Wildman–Crippen MR) is 59.6 cm³/mol. The molecule has 1 heterocycles. The van der Waals surface area contributed by atoms with Crippen molar-refractivity contribution in [2.75, 3.05) is 13.1 Å². The van der Waals surface area contributed by atoms with Crippen LogP contribution in [-0.4, -0.2) is 40.7 Å². The van der Waals surface area contributed by atoms with Crippen molar-refractivity contribution in [1.82, 2.24) is 10.2 Å². The number of carbonyl (C=O) groups is 2. The van der Waals surface area contributed by atoms with Crippen LogP contribution in [0.15, 0.2) is 0 Å². The highest BCUT2D eigenvalue weighted by molar-refractivity contribution is 7.78. The van der Waals surface area contributed by atoms with Gasteiger partial charge in [-0.3, -0.25) is 9.59 Å². The van der Waals surface area contributed by atoms with Crippen LogP contribution in [0.1, 0.15) is 25.7 Å². The lowest BCUT2D eigenvalue weighted by molar-refractivity contribution is -0.138. The number of carbonyl (C=O) groups excluding carboxylic acids is 2. The summed E-state index contributed by atoms with van der Waals surface area (Å²) in [6.07, 6.45) is 2.19. The summed E-state index contributed by atoms with van der Waals surface area (Å²) in [4.78, 5) is 25.0. The first-order valence-electron chi connectivity index (χ1n) is 5.21. The van der Waals surface area contributed by atoms with Gasteiger partial charge in [-0.25, -0.2) is 0 Å². The monoisotopic (exact) mass is 226 g/mol. The Hall–Kier alpha value is -0.970. The Bertz CT molecular complexity index is 307. The average Bonchev–Trinajstić information content (AvgIpc) is 2.26. The van der Waals surface area contributed by atoms with Crippen LogP contribution in [-0.2, 0) is 9.59 Å². The van der Waals surface area contributed by atoms with E-state index in [0.29, 0.717) is 32.2 Å². The fourth-order valence-corrected chi connectivity index (χ4v) is 2.72. The van der Waals surface area contributed by atoms with Crippen LogP contribution in [0.4, 0.5) is 0 Å². The van der Waals surface area contributed by atoms with Gasteiger partial charge in [0.05, 0.1) is 5.49 Å². The highest BCUT2D eigenvalue weighted by Gasteiger charge is 2.47. The Morgan fingerprint density at radius 3 is 2.60 bits per heavy atom. The van der Waals surface area contributed by atoms with Gasteiger partial charge >= 0.3 is 0 Å². The van der Waals surface area contributed by atoms with Crippen LogP contribution in [0.2, 0.25) is 0 Å². The molecule has 1 aliphatic heterocycles. The Kier molecular flexibility index (Phi) is 2.73. The van der Waals surface area contributed by atoms with Gasteiger partial charge in [-0.2, -0.15) is 0 Å². The highest BCUT2D eigenvalue weighted by atomic mass is 32.1. The van der Waals surface area contributed by atoms with Crippen molar-refractivity contribution in [2.24, 2.45) is 0 Å². The molecule has 1 saturated carbocycles. The summed E-state index contributed by atoms with van der Waals surface area (Å²) < 4.78 is 0. The Balaban J connectivity index is 2.24. The number of hydrogen-bond acceptors (Lipinski definition) is 3. The van der Waals surface area contributed by atoms with Gasteiger partial charge in [0.15, 0.2) is 0 Å². The SMILES string of the molecule is O=C1CCC2(CC1)C(=O)NCCN2C=S. The van der Waals surface area contributed by atoms with Crippen molar-refractivity contribution in [3.63, 3.8) is 0 Å². The summed E-state index contributed by atoms with van der Waals surface area (Å²) in [6.45, 7) is 1.39. The minimum Gasteiger partial charge on any atom is -0.352 e. The third-order valence-corrected chi connectivity index (χ3v) is 3.63. The number of Topliss-reactive ketones (excluding diaryl/α,β-unsaturated/α-hetero) is 1. The van der Waals surface area contributed by atoms with E-state index in [4.69, 9.17) is 12.2 Å². The Morgan fingerprint density at radius 2 is 2.00 bits per heavy atom. The maximum absolute atomic E-state index is 11.9. The van der Waals surface area contributed by atoms with Gasteiger partial charge in [-0.05, 0) is 12.8 Å². The maximum Gasteiger partial charge on any atom is 0.245 e. The predicted octanol–water partition coefficient (Wildman–Crippen LogP) is 0.257. The molecule has 0 unspecified atom stereocenters. The van der Waals surface area contributed by atoms with Crippen molar-refractivity contribution in [2.45, 2.75) is 31.2 Å². The second-order valence-electron chi connectivity index (χ2n) is 4.12. The lowest BCUT2D eigenvalue weighted by Crippen LogP contribution is -2.65. The molecule has 0 aromatic rings. The van der Waals surface area contributed by atoms with Crippen LogP contribution in [0, 0.1) is 0 Å². The molecule has 1 spiro atoms. The summed E-state index contributed by atoms with van der Waals surface area (Å²) in [5.41, 5.74) is 1.03. The molecule has 82 valence electrons. The first kappa shape index (κ1) is 10.5. The summed E-state index contributed by atoms with van der Waals surface area (Å²) >= 11 is 4.94. The molecule has 1 aliphatic carbocycles. The second-order valence-corrected chi connectivity index (χ2v) is 4.34. The number of piperazine rings is 1. The molecule has 0 aromatic heterocycles. The van der Waals surface area contributed by atoms with Gasteiger partial charge in [0.25, 0.3) is 0 Å². The van der Waals surface area contributed by atoms with Crippen molar-refractivity contribution < 1.29 is 9.59 Å². The molecule has 1 saturated heterocycles. The third kappa shape index (κ3) is 1.65. The summed E-state index contributed by atoms with van der Waals surface area (Å²) in [6, 6.07) is 0. The van der Waals surface area contributed by atoms with Crippen molar-refractivity contribution in [3.05, 3.63) is 0 Å². The fraction of sp³-hybridized carbons (Fsp3) is 0.700. The lowest BCUT2D eigenvalue weighted by atomic mass is 9.78. The molecule has 2 rings (SSSR count). The number of thiocarbonyl (C=S) groups is 1. The maximum atomic E-state index is 11.9. The zero-order chi connectivity index (χ0) is 10.9. The molecular weight excluding hydrogens is 212 g/mol. The minimum absolute atomic E-state index is 0.0300. The number of nitrogens with zero attached hydrogens (tertiary/aromatic N) is 1. The number of nitrogens with one attached hydrogen (secondary N) is 1. The second kappa shape index (κ2) is 3.89. The van der Waals surface area contributed by atoms with E-state index in [1.165, 1.54) is 0 Å². The molecule has 2 fully saturated rings. The van der Waals surface area contributed by atoms with Gasteiger partial charge in [0.1, 0.15) is 11.3 Å². The number of hydrogen-bond donors (Lipinski definition) is 1. The van der Waals surface area contributed by atoms with Gasteiger partial charge in [0, 0.05) is 25.9 Å². The molecule has 15 heavy (non-hydrogen) atoms. The first-order valence-corrected chi connectivity index (χ1v) is 5.68. The summed E-state index contributed by atoms with van der Waals surface area (Å²) in [5.74, 6) is 0.283. The Morgan fingerprint density at radius 1 is 1.33 bits per heavy atom. The molecule has 5 heteroatoms.